The zero-order chi connectivity index (χ0) is 18.8. The van der Waals surface area contributed by atoms with Gasteiger partial charge in [0.2, 0.25) is 6.79 Å². The maximum absolute atomic E-state index is 13.7. The number of benzene rings is 2. The van der Waals surface area contributed by atoms with Gasteiger partial charge in [0, 0.05) is 23.5 Å². The predicted molar refractivity (Wildman–Crippen MR) is 94.4 cm³/mol. The Hall–Kier alpha value is -3.68. The van der Waals surface area contributed by atoms with Crippen LogP contribution in [0, 0.1) is 11.6 Å². The van der Waals surface area contributed by atoms with E-state index in [0.29, 0.717) is 23.0 Å². The summed E-state index contributed by atoms with van der Waals surface area (Å²) in [7, 11) is 0. The Labute approximate surface area is 152 Å². The van der Waals surface area contributed by atoms with Gasteiger partial charge in [-0.2, -0.15) is 0 Å². The number of hydrogen-bond donors (Lipinski definition) is 2. The third-order valence-electron chi connectivity index (χ3n) is 3.87. The van der Waals surface area contributed by atoms with E-state index in [1.165, 1.54) is 24.4 Å². The first-order valence-corrected chi connectivity index (χ1v) is 7.98. The number of halogens is 2. The zero-order valence-electron chi connectivity index (χ0n) is 13.8. The van der Waals surface area contributed by atoms with Gasteiger partial charge in [0.25, 0.3) is 5.91 Å². The van der Waals surface area contributed by atoms with Crippen LogP contribution in [0.3, 0.4) is 0 Å². The Bertz CT molecular complexity index is 1010. The molecule has 0 atom stereocenters. The Morgan fingerprint density at radius 1 is 1.00 bits per heavy atom. The summed E-state index contributed by atoms with van der Waals surface area (Å²) >= 11 is 0. The van der Waals surface area contributed by atoms with Crippen LogP contribution < -0.4 is 20.1 Å². The molecule has 1 aliphatic heterocycles. The van der Waals surface area contributed by atoms with Crippen molar-refractivity contribution in [3.63, 3.8) is 0 Å². The lowest BCUT2D eigenvalue weighted by molar-refractivity contribution is 0.102. The minimum atomic E-state index is -0.851. The summed E-state index contributed by atoms with van der Waals surface area (Å²) < 4.78 is 38.0. The topological polar surface area (TPSA) is 72.5 Å². The molecular weight excluding hydrogens is 356 g/mol. The largest absolute Gasteiger partial charge is 0.454 e. The van der Waals surface area contributed by atoms with Gasteiger partial charge in [-0.1, -0.05) is 6.07 Å². The number of fused-ring (bicyclic) bond motifs is 1. The van der Waals surface area contributed by atoms with E-state index in [1.807, 2.05) is 0 Å². The highest BCUT2D eigenvalue weighted by molar-refractivity contribution is 6.04. The number of carbonyl (C=O) groups excluding carboxylic acids is 1. The van der Waals surface area contributed by atoms with E-state index in [4.69, 9.17) is 9.47 Å². The zero-order valence-corrected chi connectivity index (χ0v) is 13.8. The molecule has 8 heteroatoms. The number of ether oxygens (including phenoxy) is 2. The molecule has 3 aromatic rings. The molecule has 6 nitrogen and oxygen atoms in total. The minimum absolute atomic E-state index is 0.166. The molecule has 0 bridgehead atoms. The number of para-hydroxylation sites is 1. The van der Waals surface area contributed by atoms with Gasteiger partial charge in [-0.15, -0.1) is 0 Å². The number of pyridine rings is 1. The molecule has 4 rings (SSSR count). The Kier molecular flexibility index (Phi) is 4.29. The highest BCUT2D eigenvalue weighted by Gasteiger charge is 2.15. The molecule has 0 spiro atoms. The normalized spacial score (nSPS) is 11.9. The summed E-state index contributed by atoms with van der Waals surface area (Å²) in [6.07, 6.45) is 1.42. The van der Waals surface area contributed by atoms with Gasteiger partial charge in [-0.25, -0.2) is 13.8 Å². The van der Waals surface area contributed by atoms with E-state index in [2.05, 4.69) is 15.6 Å². The summed E-state index contributed by atoms with van der Waals surface area (Å²) in [6.45, 7) is 0.166. The SMILES string of the molecule is O=C(Nc1c(F)cccc1F)c1ccnc(Nc2ccc3c(c2)OCO3)c1. The van der Waals surface area contributed by atoms with Crippen LogP contribution in [0.2, 0.25) is 0 Å². The fourth-order valence-corrected chi connectivity index (χ4v) is 2.57. The van der Waals surface area contributed by atoms with Crippen molar-refractivity contribution in [3.8, 4) is 11.5 Å². The molecule has 0 saturated heterocycles. The van der Waals surface area contributed by atoms with Crippen molar-refractivity contribution in [1.29, 1.82) is 0 Å². The lowest BCUT2D eigenvalue weighted by Crippen LogP contribution is -2.14. The van der Waals surface area contributed by atoms with E-state index in [1.54, 1.807) is 18.2 Å². The molecule has 27 heavy (non-hydrogen) atoms. The average Bonchev–Trinajstić information content (AvgIpc) is 3.13. The van der Waals surface area contributed by atoms with Crippen LogP contribution in [0.4, 0.5) is 26.0 Å². The summed E-state index contributed by atoms with van der Waals surface area (Å²) in [5, 5.41) is 5.28. The quantitative estimate of drug-likeness (QED) is 0.725. The van der Waals surface area contributed by atoms with Gasteiger partial charge in [0.05, 0.1) is 0 Å². The highest BCUT2D eigenvalue weighted by Crippen LogP contribution is 2.35. The van der Waals surface area contributed by atoms with Crippen molar-refractivity contribution < 1.29 is 23.0 Å². The lowest BCUT2D eigenvalue weighted by atomic mass is 10.2. The molecule has 0 fully saturated rings. The molecule has 136 valence electrons. The van der Waals surface area contributed by atoms with Crippen molar-refractivity contribution in [2.24, 2.45) is 0 Å². The second-order valence-electron chi connectivity index (χ2n) is 5.67. The molecule has 0 unspecified atom stereocenters. The molecule has 1 aromatic heterocycles. The number of rotatable bonds is 4. The Balaban J connectivity index is 1.53. The van der Waals surface area contributed by atoms with Crippen LogP contribution in [-0.4, -0.2) is 17.7 Å². The van der Waals surface area contributed by atoms with Crippen molar-refractivity contribution in [2.75, 3.05) is 17.4 Å². The highest BCUT2D eigenvalue weighted by atomic mass is 19.1. The summed E-state index contributed by atoms with van der Waals surface area (Å²) in [5.41, 5.74) is 0.380. The van der Waals surface area contributed by atoms with Crippen LogP contribution >= 0.6 is 0 Å². The summed E-state index contributed by atoms with van der Waals surface area (Å²) in [5.74, 6) is -0.727. The molecule has 0 radical (unpaired) electrons. The van der Waals surface area contributed by atoms with Crippen LogP contribution in [-0.2, 0) is 0 Å². The van der Waals surface area contributed by atoms with Gasteiger partial charge in [0.1, 0.15) is 23.1 Å². The lowest BCUT2D eigenvalue weighted by Gasteiger charge is -2.10. The molecule has 2 N–H and O–H groups in total. The van der Waals surface area contributed by atoms with Crippen LogP contribution in [0.15, 0.2) is 54.7 Å². The van der Waals surface area contributed by atoms with Gasteiger partial charge in [0.15, 0.2) is 11.5 Å². The smallest absolute Gasteiger partial charge is 0.256 e. The van der Waals surface area contributed by atoms with Crippen LogP contribution in [0.25, 0.3) is 0 Å². The molecule has 0 aliphatic carbocycles. The van der Waals surface area contributed by atoms with Gasteiger partial charge in [-0.05, 0) is 36.4 Å². The fraction of sp³-hybridized carbons (Fsp3) is 0.0526. The fourth-order valence-electron chi connectivity index (χ4n) is 2.57. The molecular formula is C19H13F2N3O3. The number of aromatic nitrogens is 1. The monoisotopic (exact) mass is 369 g/mol. The molecule has 0 saturated carbocycles. The number of nitrogens with one attached hydrogen (secondary N) is 2. The van der Waals surface area contributed by atoms with Crippen LogP contribution in [0.5, 0.6) is 11.5 Å². The number of anilines is 3. The first-order valence-electron chi connectivity index (χ1n) is 7.98. The molecule has 2 aromatic carbocycles. The Morgan fingerprint density at radius 3 is 2.59 bits per heavy atom. The first kappa shape index (κ1) is 16.8. The average molecular weight is 369 g/mol. The number of carbonyl (C=O) groups is 1. The third kappa shape index (κ3) is 3.50. The van der Waals surface area contributed by atoms with E-state index < -0.39 is 23.2 Å². The van der Waals surface area contributed by atoms with Gasteiger partial charge < -0.3 is 20.1 Å². The standard InChI is InChI=1S/C19H13F2N3O3/c20-13-2-1-3-14(21)18(13)24-19(25)11-6-7-22-17(8-11)23-12-4-5-15-16(9-12)27-10-26-15/h1-9H,10H2,(H,22,23)(H,24,25). The number of amides is 1. The third-order valence-corrected chi connectivity index (χ3v) is 3.87. The number of nitrogens with zero attached hydrogens (tertiary/aromatic N) is 1. The molecule has 2 heterocycles. The molecule has 1 amide bonds. The molecule has 1 aliphatic rings. The summed E-state index contributed by atoms with van der Waals surface area (Å²) in [4.78, 5) is 16.5. The van der Waals surface area contributed by atoms with E-state index >= 15 is 0 Å². The van der Waals surface area contributed by atoms with Crippen molar-refractivity contribution in [2.45, 2.75) is 0 Å². The van der Waals surface area contributed by atoms with Crippen molar-refractivity contribution in [3.05, 3.63) is 71.9 Å². The van der Waals surface area contributed by atoms with E-state index in [-0.39, 0.29) is 12.4 Å². The first-order chi connectivity index (χ1) is 13.1. The maximum Gasteiger partial charge on any atom is 0.256 e. The van der Waals surface area contributed by atoms with E-state index in [9.17, 15) is 13.6 Å². The maximum atomic E-state index is 13.7. The number of hydrogen-bond acceptors (Lipinski definition) is 5. The van der Waals surface area contributed by atoms with E-state index in [0.717, 1.165) is 12.1 Å². The summed E-state index contributed by atoms with van der Waals surface area (Å²) in [6, 6.07) is 11.5. The van der Waals surface area contributed by atoms with Crippen LogP contribution in [0.1, 0.15) is 10.4 Å². The second kappa shape index (κ2) is 6.91. The minimum Gasteiger partial charge on any atom is -0.454 e. The second-order valence-corrected chi connectivity index (χ2v) is 5.67. The Morgan fingerprint density at radius 2 is 1.78 bits per heavy atom. The van der Waals surface area contributed by atoms with Gasteiger partial charge >= 0.3 is 0 Å². The van der Waals surface area contributed by atoms with Crippen molar-refractivity contribution >= 4 is 23.1 Å². The van der Waals surface area contributed by atoms with Crippen molar-refractivity contribution in [1.82, 2.24) is 4.98 Å². The van der Waals surface area contributed by atoms with Gasteiger partial charge in [-0.3, -0.25) is 4.79 Å². The predicted octanol–water partition coefficient (Wildman–Crippen LogP) is 4.08.